The van der Waals surface area contributed by atoms with Crippen LogP contribution in [0.4, 0.5) is 5.82 Å². The number of pyridine rings is 1. The first kappa shape index (κ1) is 15.8. The minimum Gasteiger partial charge on any atom is -0.399 e. The van der Waals surface area contributed by atoms with Crippen LogP contribution < -0.4 is 15.7 Å². The van der Waals surface area contributed by atoms with Crippen molar-refractivity contribution in [2.24, 2.45) is 0 Å². The number of aromatic nitrogens is 1. The van der Waals surface area contributed by atoms with Gasteiger partial charge in [0.1, 0.15) is 5.82 Å². The van der Waals surface area contributed by atoms with Gasteiger partial charge in [-0.1, -0.05) is 0 Å². The molecule has 0 amide bonds. The molecule has 1 N–H and O–H groups in total. The Bertz CT molecular complexity index is 534. The van der Waals surface area contributed by atoms with Gasteiger partial charge in [0.05, 0.1) is 11.2 Å². The van der Waals surface area contributed by atoms with Crippen molar-refractivity contribution < 1.29 is 9.31 Å². The van der Waals surface area contributed by atoms with Gasteiger partial charge in [-0.25, -0.2) is 4.98 Å². The van der Waals surface area contributed by atoms with Crippen LogP contribution in [-0.4, -0.2) is 49.0 Å². The Morgan fingerprint density at radius 1 is 1.27 bits per heavy atom. The molecule has 0 aliphatic carbocycles. The largest absolute Gasteiger partial charge is 0.495 e. The third-order valence-corrected chi connectivity index (χ3v) is 5.09. The number of nitrogens with one attached hydrogen (secondary N) is 1. The van der Waals surface area contributed by atoms with E-state index < -0.39 is 0 Å². The highest BCUT2D eigenvalue weighted by Crippen LogP contribution is 2.36. The summed E-state index contributed by atoms with van der Waals surface area (Å²) < 4.78 is 12.3. The van der Waals surface area contributed by atoms with Crippen LogP contribution in [-0.2, 0) is 9.31 Å². The van der Waals surface area contributed by atoms with E-state index in [1.165, 1.54) is 0 Å². The highest BCUT2D eigenvalue weighted by molar-refractivity contribution is 6.62. The molecule has 0 radical (unpaired) electrons. The van der Waals surface area contributed by atoms with Crippen LogP contribution >= 0.6 is 0 Å². The zero-order chi connectivity index (χ0) is 16.0. The van der Waals surface area contributed by atoms with Gasteiger partial charge in [-0.05, 0) is 52.2 Å². The molecule has 2 fully saturated rings. The molecule has 5 nitrogen and oxygen atoms in total. The summed E-state index contributed by atoms with van der Waals surface area (Å²) in [5.41, 5.74) is 0.404. The summed E-state index contributed by atoms with van der Waals surface area (Å²) in [4.78, 5) is 6.88. The minimum absolute atomic E-state index is 0.316. The molecule has 0 bridgehead atoms. The summed E-state index contributed by atoms with van der Waals surface area (Å²) in [6.45, 7) is 13.5. The van der Waals surface area contributed by atoms with Gasteiger partial charge in [-0.15, -0.1) is 0 Å². The molecular weight excluding hydrogens is 277 g/mol. The summed E-state index contributed by atoms with van der Waals surface area (Å²) in [6.07, 6.45) is 1.85. The Hall–Kier alpha value is -1.11. The molecule has 3 heterocycles. The Labute approximate surface area is 133 Å². The maximum atomic E-state index is 6.14. The van der Waals surface area contributed by atoms with Crippen LogP contribution in [0.3, 0.4) is 0 Å². The lowest BCUT2D eigenvalue weighted by Crippen LogP contribution is -2.50. The fourth-order valence-corrected chi connectivity index (χ4v) is 2.90. The average Bonchev–Trinajstić information content (AvgIpc) is 2.68. The third kappa shape index (κ3) is 2.75. The van der Waals surface area contributed by atoms with Crippen molar-refractivity contribution in [2.45, 2.75) is 51.9 Å². The molecular formula is C16H26BN3O2. The quantitative estimate of drug-likeness (QED) is 0.831. The molecule has 2 aliphatic rings. The lowest BCUT2D eigenvalue weighted by Gasteiger charge is -2.35. The molecule has 1 atom stereocenters. The molecule has 2 saturated heterocycles. The van der Waals surface area contributed by atoms with Crippen LogP contribution in [0.15, 0.2) is 18.3 Å². The van der Waals surface area contributed by atoms with Gasteiger partial charge >= 0.3 is 7.12 Å². The van der Waals surface area contributed by atoms with Gasteiger partial charge < -0.3 is 19.5 Å². The molecule has 22 heavy (non-hydrogen) atoms. The highest BCUT2D eigenvalue weighted by atomic mass is 16.7. The summed E-state index contributed by atoms with van der Waals surface area (Å²) in [5, 5.41) is 3.41. The van der Waals surface area contributed by atoms with Crippen molar-refractivity contribution in [3.05, 3.63) is 18.3 Å². The van der Waals surface area contributed by atoms with E-state index in [4.69, 9.17) is 9.31 Å². The number of piperazine rings is 1. The van der Waals surface area contributed by atoms with Crippen molar-refractivity contribution >= 4 is 18.4 Å². The zero-order valence-electron chi connectivity index (χ0n) is 14.2. The van der Waals surface area contributed by atoms with Gasteiger partial charge in [-0.2, -0.15) is 0 Å². The smallest absolute Gasteiger partial charge is 0.399 e. The SMILES string of the molecule is CC1CNCCN1c1cc(B2OC(C)(C)C(C)(C)O2)ccn1. The molecule has 0 aromatic carbocycles. The second-order valence-corrected chi connectivity index (χ2v) is 7.28. The Morgan fingerprint density at radius 2 is 1.95 bits per heavy atom. The van der Waals surface area contributed by atoms with Crippen LogP contribution in [0.1, 0.15) is 34.6 Å². The van der Waals surface area contributed by atoms with E-state index in [1.807, 2.05) is 12.3 Å². The van der Waals surface area contributed by atoms with Gasteiger partial charge in [0.25, 0.3) is 0 Å². The first-order chi connectivity index (χ1) is 10.3. The van der Waals surface area contributed by atoms with E-state index in [2.05, 4.69) is 55.9 Å². The Morgan fingerprint density at radius 3 is 2.59 bits per heavy atom. The molecule has 3 rings (SSSR count). The maximum absolute atomic E-state index is 6.14. The van der Waals surface area contributed by atoms with E-state index in [0.29, 0.717) is 6.04 Å². The Balaban J connectivity index is 1.83. The minimum atomic E-state index is -0.329. The van der Waals surface area contributed by atoms with Crippen molar-refractivity contribution in [3.63, 3.8) is 0 Å². The maximum Gasteiger partial charge on any atom is 0.495 e. The molecule has 0 saturated carbocycles. The van der Waals surface area contributed by atoms with Gasteiger partial charge in [-0.3, -0.25) is 0 Å². The van der Waals surface area contributed by atoms with Crippen LogP contribution in [0.25, 0.3) is 0 Å². The van der Waals surface area contributed by atoms with Crippen LogP contribution in [0.2, 0.25) is 0 Å². The van der Waals surface area contributed by atoms with Crippen LogP contribution in [0.5, 0.6) is 0 Å². The number of rotatable bonds is 2. The molecule has 120 valence electrons. The predicted molar refractivity (Wildman–Crippen MR) is 89.6 cm³/mol. The molecule has 0 spiro atoms. The van der Waals surface area contributed by atoms with Crippen molar-refractivity contribution in [1.29, 1.82) is 0 Å². The first-order valence-electron chi connectivity index (χ1n) is 8.09. The van der Waals surface area contributed by atoms with Gasteiger partial charge in [0.2, 0.25) is 0 Å². The zero-order valence-corrected chi connectivity index (χ0v) is 14.2. The molecule has 2 aliphatic heterocycles. The summed E-state index contributed by atoms with van der Waals surface area (Å²) >= 11 is 0. The van der Waals surface area contributed by atoms with Gasteiger partial charge in [0.15, 0.2) is 0 Å². The lowest BCUT2D eigenvalue weighted by molar-refractivity contribution is 0.00578. The lowest BCUT2D eigenvalue weighted by atomic mass is 9.79. The van der Waals surface area contributed by atoms with Crippen molar-refractivity contribution in [3.8, 4) is 0 Å². The summed E-state index contributed by atoms with van der Waals surface area (Å²) in [5.74, 6) is 1.00. The Kier molecular flexibility index (Phi) is 3.95. The standard InChI is InChI=1S/C16H26BN3O2/c1-12-11-18-8-9-20(12)14-10-13(6-7-19-14)17-21-15(2,3)16(4,5)22-17/h6-7,10,12,18H,8-9,11H2,1-5H3. The number of nitrogens with zero attached hydrogens (tertiary/aromatic N) is 2. The molecule has 1 unspecified atom stereocenters. The van der Waals surface area contributed by atoms with E-state index in [9.17, 15) is 0 Å². The van der Waals surface area contributed by atoms with Crippen molar-refractivity contribution in [2.75, 3.05) is 24.5 Å². The topological polar surface area (TPSA) is 46.6 Å². The first-order valence-corrected chi connectivity index (χ1v) is 8.09. The highest BCUT2D eigenvalue weighted by Gasteiger charge is 2.51. The van der Waals surface area contributed by atoms with Gasteiger partial charge in [0, 0.05) is 31.9 Å². The van der Waals surface area contributed by atoms with E-state index in [-0.39, 0.29) is 18.3 Å². The van der Waals surface area contributed by atoms with Crippen molar-refractivity contribution in [1.82, 2.24) is 10.3 Å². The fourth-order valence-electron chi connectivity index (χ4n) is 2.90. The van der Waals surface area contributed by atoms with E-state index >= 15 is 0 Å². The normalized spacial score (nSPS) is 27.2. The monoisotopic (exact) mass is 303 g/mol. The molecule has 6 heteroatoms. The van der Waals surface area contributed by atoms with E-state index in [0.717, 1.165) is 30.9 Å². The average molecular weight is 303 g/mol. The number of hydrogen-bond donors (Lipinski definition) is 1. The van der Waals surface area contributed by atoms with E-state index in [1.54, 1.807) is 0 Å². The number of anilines is 1. The van der Waals surface area contributed by atoms with Crippen LogP contribution in [0, 0.1) is 0 Å². The number of hydrogen-bond acceptors (Lipinski definition) is 5. The molecule has 1 aromatic heterocycles. The second-order valence-electron chi connectivity index (χ2n) is 7.28. The summed E-state index contributed by atoms with van der Waals surface area (Å²) in [7, 11) is -0.329. The third-order valence-electron chi connectivity index (χ3n) is 5.09. The second kappa shape index (κ2) is 5.51. The summed E-state index contributed by atoms with van der Waals surface area (Å²) in [6, 6.07) is 4.53. The fraction of sp³-hybridized carbons (Fsp3) is 0.688. The molecule has 1 aromatic rings. The predicted octanol–water partition coefficient (Wildman–Crippen LogP) is 1.18.